The van der Waals surface area contributed by atoms with Gasteiger partial charge in [-0.25, -0.2) is 0 Å². The summed E-state index contributed by atoms with van der Waals surface area (Å²) < 4.78 is 31.2. The van der Waals surface area contributed by atoms with E-state index in [9.17, 15) is 18.0 Å². The number of carbonyl (C=O) groups excluding carboxylic acids is 2. The fourth-order valence-electron chi connectivity index (χ4n) is 3.15. The summed E-state index contributed by atoms with van der Waals surface area (Å²) >= 11 is 0. The van der Waals surface area contributed by atoms with Gasteiger partial charge in [-0.15, -0.1) is 0 Å². The van der Waals surface area contributed by atoms with Crippen LogP contribution in [0, 0.1) is 5.92 Å². The van der Waals surface area contributed by atoms with E-state index in [1.807, 2.05) is 27.7 Å². The van der Waals surface area contributed by atoms with Crippen molar-refractivity contribution in [1.29, 1.82) is 0 Å². The quantitative estimate of drug-likeness (QED) is 0.524. The second-order valence-corrected chi connectivity index (χ2v) is 9.77. The van der Waals surface area contributed by atoms with Crippen molar-refractivity contribution in [2.45, 2.75) is 64.9 Å². The molecule has 1 atom stereocenters. The Kier molecular flexibility index (Phi) is 8.83. The Morgan fingerprint density at radius 1 is 1.03 bits per heavy atom. The highest BCUT2D eigenvalue weighted by Gasteiger charge is 2.23. The highest BCUT2D eigenvalue weighted by Crippen LogP contribution is 2.26. The van der Waals surface area contributed by atoms with Crippen LogP contribution in [-0.4, -0.2) is 31.2 Å². The molecule has 2 rings (SSSR count). The number of hydrogen-bond acceptors (Lipinski definition) is 5. The molecular weight excluding hydrogens is 428 g/mol. The Morgan fingerprint density at radius 2 is 1.66 bits per heavy atom. The number of hydrogen-bond donors (Lipinski definition) is 1. The first-order valence-electron chi connectivity index (χ1n) is 10.7. The zero-order chi connectivity index (χ0) is 23.9. The van der Waals surface area contributed by atoms with Gasteiger partial charge in [0.25, 0.3) is 0 Å². The van der Waals surface area contributed by atoms with Gasteiger partial charge < -0.3 is 14.4 Å². The predicted octanol–water partition coefficient (Wildman–Crippen LogP) is 4.59. The van der Waals surface area contributed by atoms with E-state index in [0.29, 0.717) is 17.7 Å². The van der Waals surface area contributed by atoms with Crippen LogP contribution in [-0.2, 0) is 26.3 Å². The van der Waals surface area contributed by atoms with E-state index in [4.69, 9.17) is 4.18 Å². The highest BCUT2D eigenvalue weighted by molar-refractivity contribution is 7.87. The van der Waals surface area contributed by atoms with Crippen LogP contribution in [0.5, 0.6) is 5.75 Å². The predicted molar refractivity (Wildman–Crippen MR) is 125 cm³/mol. The molecule has 0 spiro atoms. The minimum Gasteiger partial charge on any atom is -0.379 e. The topological polar surface area (TPSA) is 92.8 Å². The maximum Gasteiger partial charge on any atom is 0.339 e. The monoisotopic (exact) mass is 460 g/mol. The summed E-state index contributed by atoms with van der Waals surface area (Å²) in [6.07, 6.45) is 1.21. The zero-order valence-electron chi connectivity index (χ0n) is 19.3. The van der Waals surface area contributed by atoms with E-state index < -0.39 is 10.1 Å². The maximum absolute atomic E-state index is 12.9. The number of nitrogens with zero attached hydrogens (tertiary/aromatic N) is 1. The molecule has 8 heteroatoms. The molecule has 0 aliphatic carbocycles. The molecule has 0 saturated carbocycles. The van der Waals surface area contributed by atoms with Crippen molar-refractivity contribution in [3.63, 3.8) is 0 Å². The van der Waals surface area contributed by atoms with Crippen LogP contribution in [0.15, 0.2) is 53.4 Å². The van der Waals surface area contributed by atoms with Crippen molar-refractivity contribution in [2.24, 2.45) is 5.92 Å². The third-order valence-corrected chi connectivity index (χ3v) is 6.25. The molecule has 2 amide bonds. The average Bonchev–Trinajstić information content (AvgIpc) is 2.71. The molecule has 0 aromatic heterocycles. The number of carbonyl (C=O) groups is 2. The van der Waals surface area contributed by atoms with Crippen molar-refractivity contribution in [2.75, 3.05) is 5.32 Å². The van der Waals surface area contributed by atoms with Gasteiger partial charge in [-0.3, -0.25) is 9.59 Å². The van der Waals surface area contributed by atoms with Gasteiger partial charge in [-0.2, -0.15) is 8.42 Å². The van der Waals surface area contributed by atoms with Gasteiger partial charge in [0.15, 0.2) is 0 Å². The van der Waals surface area contributed by atoms with Crippen LogP contribution in [0.4, 0.5) is 5.69 Å². The molecular formula is C24H32N2O5S. The summed E-state index contributed by atoms with van der Waals surface area (Å²) in [6.45, 7) is 9.61. The highest BCUT2D eigenvalue weighted by atomic mass is 32.2. The van der Waals surface area contributed by atoms with Gasteiger partial charge in [0.05, 0.1) is 0 Å². The Balaban J connectivity index is 2.28. The number of nitrogens with one attached hydrogen (secondary N) is 1. The molecule has 0 radical (unpaired) electrons. The third kappa shape index (κ3) is 7.09. The molecule has 7 nitrogen and oxygen atoms in total. The minimum absolute atomic E-state index is 0.00670. The van der Waals surface area contributed by atoms with Crippen molar-refractivity contribution in [3.05, 3.63) is 54.1 Å². The van der Waals surface area contributed by atoms with Gasteiger partial charge in [0, 0.05) is 37.2 Å². The molecule has 0 fully saturated rings. The zero-order valence-corrected chi connectivity index (χ0v) is 20.1. The van der Waals surface area contributed by atoms with E-state index in [1.54, 1.807) is 29.2 Å². The van der Waals surface area contributed by atoms with E-state index >= 15 is 0 Å². The van der Waals surface area contributed by atoms with Crippen LogP contribution in [0.25, 0.3) is 0 Å². The molecule has 174 valence electrons. The van der Waals surface area contributed by atoms with E-state index in [-0.39, 0.29) is 41.0 Å². The summed E-state index contributed by atoms with van der Waals surface area (Å²) in [4.78, 5) is 25.7. The lowest BCUT2D eigenvalue weighted by molar-refractivity contribution is -0.134. The van der Waals surface area contributed by atoms with Crippen molar-refractivity contribution >= 4 is 27.6 Å². The summed E-state index contributed by atoms with van der Waals surface area (Å²) in [5.41, 5.74) is 1.10. The van der Waals surface area contributed by atoms with E-state index in [2.05, 4.69) is 5.32 Å². The Labute approximate surface area is 190 Å². The SMILES string of the molecule is CCC(C)N(Cc1ccccc1OS(=O)(=O)c1ccc(NC(C)=O)cc1)C(=O)CC(C)C. The molecule has 1 unspecified atom stereocenters. The van der Waals surface area contributed by atoms with Gasteiger partial charge in [-0.1, -0.05) is 39.0 Å². The molecule has 2 aromatic rings. The van der Waals surface area contributed by atoms with Crippen LogP contribution in [0.2, 0.25) is 0 Å². The van der Waals surface area contributed by atoms with Crippen molar-refractivity contribution in [3.8, 4) is 5.75 Å². The first-order valence-corrected chi connectivity index (χ1v) is 12.1. The third-order valence-electron chi connectivity index (χ3n) is 5.00. The molecule has 1 N–H and O–H groups in total. The molecule has 2 aromatic carbocycles. The number of anilines is 1. The average molecular weight is 461 g/mol. The number of amides is 2. The normalized spacial score (nSPS) is 12.3. The van der Waals surface area contributed by atoms with Gasteiger partial charge >= 0.3 is 10.1 Å². The van der Waals surface area contributed by atoms with E-state index in [0.717, 1.165) is 6.42 Å². The fourth-order valence-corrected chi connectivity index (χ4v) is 4.12. The van der Waals surface area contributed by atoms with Crippen molar-refractivity contribution < 1.29 is 22.2 Å². The number of rotatable bonds is 10. The van der Waals surface area contributed by atoms with Crippen molar-refractivity contribution in [1.82, 2.24) is 4.90 Å². The summed E-state index contributed by atoms with van der Waals surface area (Å²) in [5, 5.41) is 2.59. The molecule has 0 aliphatic heterocycles. The molecule has 0 bridgehead atoms. The lowest BCUT2D eigenvalue weighted by atomic mass is 10.1. The fraction of sp³-hybridized carbons (Fsp3) is 0.417. The Morgan fingerprint density at radius 3 is 2.22 bits per heavy atom. The smallest absolute Gasteiger partial charge is 0.339 e. The van der Waals surface area contributed by atoms with Gasteiger partial charge in [0.2, 0.25) is 11.8 Å². The van der Waals surface area contributed by atoms with Crippen LogP contribution in [0.1, 0.15) is 53.0 Å². The number of para-hydroxylation sites is 1. The second-order valence-electron chi connectivity index (χ2n) is 8.23. The number of benzene rings is 2. The standard InChI is InChI=1S/C24H32N2O5S/c1-6-18(4)26(24(28)15-17(2)3)16-20-9-7-8-10-23(20)31-32(29,30)22-13-11-21(12-14-22)25-19(5)27/h7-14,17-18H,6,15-16H2,1-5H3,(H,25,27). The van der Waals surface area contributed by atoms with Crippen LogP contribution < -0.4 is 9.50 Å². The van der Waals surface area contributed by atoms with Crippen LogP contribution in [0.3, 0.4) is 0 Å². The summed E-state index contributed by atoms with van der Waals surface area (Å²) in [7, 11) is -4.10. The molecule has 32 heavy (non-hydrogen) atoms. The molecule has 0 heterocycles. The Bertz CT molecular complexity index is 1030. The van der Waals surface area contributed by atoms with Crippen LogP contribution >= 0.6 is 0 Å². The maximum atomic E-state index is 12.9. The Hall–Kier alpha value is -2.87. The second kappa shape index (κ2) is 11.1. The van der Waals surface area contributed by atoms with Gasteiger partial charge in [0.1, 0.15) is 10.6 Å². The minimum atomic E-state index is -4.10. The lowest BCUT2D eigenvalue weighted by Crippen LogP contribution is -2.38. The molecule has 0 aliphatic rings. The first-order chi connectivity index (χ1) is 15.0. The summed E-state index contributed by atoms with van der Waals surface area (Å²) in [6, 6.07) is 12.6. The van der Waals surface area contributed by atoms with E-state index in [1.165, 1.54) is 31.2 Å². The van der Waals surface area contributed by atoms with Gasteiger partial charge in [-0.05, 0) is 49.6 Å². The largest absolute Gasteiger partial charge is 0.379 e. The first kappa shape index (κ1) is 25.4. The lowest BCUT2D eigenvalue weighted by Gasteiger charge is -2.30. The molecule has 0 saturated heterocycles. The summed E-state index contributed by atoms with van der Waals surface area (Å²) in [5.74, 6) is 0.190.